The van der Waals surface area contributed by atoms with E-state index < -0.39 is 34.9 Å². The summed E-state index contributed by atoms with van der Waals surface area (Å²) in [4.78, 5) is 7.64. The topological polar surface area (TPSA) is 51.5 Å². The lowest BCUT2D eigenvalue weighted by Crippen LogP contribution is -2.11. The molecule has 35 heavy (non-hydrogen) atoms. The molecule has 1 N–H and O–H groups in total. The first-order valence-electron chi connectivity index (χ1n) is 10.3. The number of aromatic nitrogens is 3. The summed E-state index contributed by atoms with van der Waals surface area (Å²) in [6.45, 7) is 0.312. The van der Waals surface area contributed by atoms with Crippen LogP contribution < -0.4 is 10.1 Å². The molecule has 3 heterocycles. The van der Waals surface area contributed by atoms with Gasteiger partial charge in [0.2, 0.25) is 5.95 Å². The molecule has 0 saturated heterocycles. The van der Waals surface area contributed by atoms with E-state index in [1.165, 1.54) is 12.1 Å². The van der Waals surface area contributed by atoms with E-state index in [0.717, 1.165) is 41.2 Å². The molecule has 0 spiro atoms. The van der Waals surface area contributed by atoms with Crippen LogP contribution in [-0.2, 0) is 25.3 Å². The summed E-state index contributed by atoms with van der Waals surface area (Å²) in [5.74, 6) is -0.00323. The summed E-state index contributed by atoms with van der Waals surface area (Å²) in [5.41, 5.74) is -1.55. The van der Waals surface area contributed by atoms with E-state index in [0.29, 0.717) is 29.9 Å². The molecule has 0 amide bonds. The number of benzene rings is 2. The van der Waals surface area contributed by atoms with Crippen LogP contribution in [0.4, 0.5) is 36.7 Å². The van der Waals surface area contributed by atoms with Crippen LogP contribution in [0.15, 0.2) is 48.9 Å². The minimum Gasteiger partial charge on any atom is -0.493 e. The fourth-order valence-corrected chi connectivity index (χ4v) is 4.08. The maximum absolute atomic E-state index is 14.5. The van der Waals surface area contributed by atoms with Crippen molar-refractivity contribution in [1.82, 2.24) is 14.4 Å². The molecule has 12 heteroatoms. The van der Waals surface area contributed by atoms with Crippen molar-refractivity contribution in [3.8, 4) is 16.9 Å². The predicted molar refractivity (Wildman–Crippen MR) is 111 cm³/mol. The van der Waals surface area contributed by atoms with Crippen LogP contribution in [0.5, 0.6) is 5.75 Å². The van der Waals surface area contributed by atoms with Crippen molar-refractivity contribution in [1.29, 1.82) is 0 Å². The molecular formula is C23H15F7N4O. The first-order chi connectivity index (χ1) is 16.5. The first kappa shape index (κ1) is 22.9. The number of anilines is 1. The standard InChI is InChI=1S/C23H15F7N4O/c24-17-5-6-18-14(7-8-35-18)16(17)10-32-21-31-9-15(12-1-3-13(4-2-12)22(25,26)27)19-20(23(28,29)30)33-11-34(19)21/h1-6,9,11H,7-8,10H2,(H,31,32). The molecule has 1 aliphatic rings. The van der Waals surface area contributed by atoms with Crippen molar-refractivity contribution >= 4 is 11.5 Å². The van der Waals surface area contributed by atoms with Gasteiger partial charge in [-0.2, -0.15) is 26.3 Å². The minimum absolute atomic E-state index is 0.0467. The highest BCUT2D eigenvalue weighted by Gasteiger charge is 2.37. The lowest BCUT2D eigenvalue weighted by Gasteiger charge is -2.15. The average Bonchev–Trinajstić information content (AvgIpc) is 3.45. The Bertz CT molecular complexity index is 1410. The van der Waals surface area contributed by atoms with Crippen molar-refractivity contribution in [2.45, 2.75) is 25.3 Å². The van der Waals surface area contributed by atoms with Crippen LogP contribution in [-0.4, -0.2) is 21.0 Å². The van der Waals surface area contributed by atoms with Crippen LogP contribution in [0.3, 0.4) is 0 Å². The number of imidazole rings is 1. The van der Waals surface area contributed by atoms with Crippen molar-refractivity contribution in [3.05, 3.63) is 77.1 Å². The Kier molecular flexibility index (Phi) is 5.33. The second-order valence-electron chi connectivity index (χ2n) is 7.83. The van der Waals surface area contributed by atoms with Gasteiger partial charge in [0, 0.05) is 35.9 Å². The first-order valence-corrected chi connectivity index (χ1v) is 10.3. The molecule has 0 fully saturated rings. The third-order valence-corrected chi connectivity index (χ3v) is 5.72. The van der Waals surface area contributed by atoms with E-state index in [9.17, 15) is 30.7 Å². The number of halogens is 7. The molecule has 0 radical (unpaired) electrons. The van der Waals surface area contributed by atoms with Crippen LogP contribution in [0.2, 0.25) is 0 Å². The van der Waals surface area contributed by atoms with Crippen LogP contribution in [0, 0.1) is 5.82 Å². The minimum atomic E-state index is -4.84. The quantitative estimate of drug-likeness (QED) is 0.346. The molecule has 4 aromatic rings. The number of hydrogen-bond donors (Lipinski definition) is 1. The SMILES string of the molecule is Fc1ccc2c(c1CNc1ncc(-c3ccc(C(F)(F)F)cc3)c3c(C(F)(F)F)ncn13)CCO2. The molecule has 5 nitrogen and oxygen atoms in total. The molecule has 0 bridgehead atoms. The highest BCUT2D eigenvalue weighted by atomic mass is 19.4. The number of rotatable bonds is 4. The lowest BCUT2D eigenvalue weighted by atomic mass is 10.0. The molecule has 0 saturated carbocycles. The van der Waals surface area contributed by atoms with Gasteiger partial charge in [-0.15, -0.1) is 0 Å². The van der Waals surface area contributed by atoms with E-state index in [4.69, 9.17) is 4.74 Å². The van der Waals surface area contributed by atoms with E-state index in [-0.39, 0.29) is 23.6 Å². The number of fused-ring (bicyclic) bond motifs is 2. The zero-order chi connectivity index (χ0) is 25.0. The van der Waals surface area contributed by atoms with Gasteiger partial charge in [0.05, 0.1) is 17.7 Å². The molecule has 2 aromatic heterocycles. The monoisotopic (exact) mass is 496 g/mol. The fraction of sp³-hybridized carbons (Fsp3) is 0.217. The van der Waals surface area contributed by atoms with Crippen LogP contribution >= 0.6 is 0 Å². The molecular weight excluding hydrogens is 481 g/mol. The number of hydrogen-bond acceptors (Lipinski definition) is 4. The molecule has 0 aliphatic carbocycles. The van der Waals surface area contributed by atoms with Gasteiger partial charge in [-0.1, -0.05) is 12.1 Å². The Morgan fingerprint density at radius 1 is 0.943 bits per heavy atom. The van der Waals surface area contributed by atoms with Crippen molar-refractivity contribution in [3.63, 3.8) is 0 Å². The zero-order valence-corrected chi connectivity index (χ0v) is 17.6. The van der Waals surface area contributed by atoms with Crippen LogP contribution in [0.25, 0.3) is 16.6 Å². The molecule has 182 valence electrons. The Labute approximate surface area is 193 Å². The van der Waals surface area contributed by atoms with Gasteiger partial charge < -0.3 is 10.1 Å². The third-order valence-electron chi connectivity index (χ3n) is 5.72. The normalized spacial score (nSPS) is 13.7. The summed E-state index contributed by atoms with van der Waals surface area (Å²) in [7, 11) is 0. The van der Waals surface area contributed by atoms with Gasteiger partial charge in [-0.3, -0.25) is 4.40 Å². The summed E-state index contributed by atoms with van der Waals surface area (Å²) in [6, 6.07) is 6.47. The largest absolute Gasteiger partial charge is 0.493 e. The summed E-state index contributed by atoms with van der Waals surface area (Å²) >= 11 is 0. The van der Waals surface area contributed by atoms with Crippen LogP contribution in [0.1, 0.15) is 22.4 Å². The zero-order valence-electron chi connectivity index (χ0n) is 17.6. The van der Waals surface area contributed by atoms with Gasteiger partial charge in [0.15, 0.2) is 5.69 Å². The van der Waals surface area contributed by atoms with Gasteiger partial charge in [-0.05, 0) is 29.8 Å². The van der Waals surface area contributed by atoms with E-state index >= 15 is 0 Å². The lowest BCUT2D eigenvalue weighted by molar-refractivity contribution is -0.139. The molecule has 2 aromatic carbocycles. The maximum Gasteiger partial charge on any atom is 0.435 e. The van der Waals surface area contributed by atoms with Gasteiger partial charge in [0.25, 0.3) is 0 Å². The smallest absolute Gasteiger partial charge is 0.435 e. The number of nitrogens with zero attached hydrogens (tertiary/aromatic N) is 3. The molecule has 0 unspecified atom stereocenters. The predicted octanol–water partition coefficient (Wildman–Crippen LogP) is 6.12. The Hall–Kier alpha value is -3.83. The summed E-state index contributed by atoms with van der Waals surface area (Å²) in [5, 5.41) is 2.85. The van der Waals surface area contributed by atoms with Gasteiger partial charge in [0.1, 0.15) is 17.9 Å². The maximum atomic E-state index is 14.5. The molecule has 0 atom stereocenters. The van der Waals surface area contributed by atoms with Crippen molar-refractivity contribution in [2.24, 2.45) is 0 Å². The van der Waals surface area contributed by atoms with E-state index in [1.807, 2.05) is 0 Å². The van der Waals surface area contributed by atoms with Gasteiger partial charge in [-0.25, -0.2) is 14.4 Å². The van der Waals surface area contributed by atoms with Gasteiger partial charge >= 0.3 is 12.4 Å². The summed E-state index contributed by atoms with van der Waals surface area (Å²) in [6.07, 6.45) is -6.91. The third kappa shape index (κ3) is 4.13. The van der Waals surface area contributed by atoms with Crippen molar-refractivity contribution in [2.75, 3.05) is 11.9 Å². The highest BCUT2D eigenvalue weighted by molar-refractivity contribution is 5.83. The Balaban J connectivity index is 1.57. The summed E-state index contributed by atoms with van der Waals surface area (Å²) < 4.78 is 101. The van der Waals surface area contributed by atoms with E-state index in [2.05, 4.69) is 15.3 Å². The van der Waals surface area contributed by atoms with Crippen molar-refractivity contribution < 1.29 is 35.5 Å². The number of ether oxygens (including phenoxy) is 1. The Morgan fingerprint density at radius 3 is 2.37 bits per heavy atom. The number of nitrogens with one attached hydrogen (secondary N) is 1. The second-order valence-corrected chi connectivity index (χ2v) is 7.83. The average molecular weight is 496 g/mol. The van der Waals surface area contributed by atoms with E-state index in [1.54, 1.807) is 0 Å². The Morgan fingerprint density at radius 2 is 1.69 bits per heavy atom. The highest BCUT2D eigenvalue weighted by Crippen LogP contribution is 2.38. The second kappa shape index (κ2) is 8.14. The fourth-order valence-electron chi connectivity index (χ4n) is 4.08. The molecule has 1 aliphatic heterocycles. The number of alkyl halides is 6. The molecule has 5 rings (SSSR count).